The Balaban J connectivity index is 1.72. The molecular formula is C18H17BrClN3O. The number of nitrogens with zero attached hydrogens (tertiary/aromatic N) is 3. The number of benzene rings is 2. The van der Waals surface area contributed by atoms with Crippen LogP contribution in [-0.4, -0.2) is 21.6 Å². The van der Waals surface area contributed by atoms with Gasteiger partial charge in [-0.05, 0) is 52.3 Å². The van der Waals surface area contributed by atoms with Crippen molar-refractivity contribution in [2.45, 2.75) is 20.0 Å². The Labute approximate surface area is 154 Å². The van der Waals surface area contributed by atoms with Gasteiger partial charge < -0.3 is 4.42 Å². The molecule has 0 fully saturated rings. The lowest BCUT2D eigenvalue weighted by atomic mass is 10.2. The summed E-state index contributed by atoms with van der Waals surface area (Å²) in [5.41, 5.74) is 2.06. The fraction of sp³-hybridized carbons (Fsp3) is 0.222. The molecule has 0 N–H and O–H groups in total. The largest absolute Gasteiger partial charge is 0.419 e. The van der Waals surface area contributed by atoms with Crippen molar-refractivity contribution in [3.05, 3.63) is 69.5 Å². The second-order valence-corrected chi connectivity index (χ2v) is 6.70. The summed E-state index contributed by atoms with van der Waals surface area (Å²) >= 11 is 9.56. The molecule has 6 heteroatoms. The van der Waals surface area contributed by atoms with Crippen LogP contribution in [0.5, 0.6) is 0 Å². The van der Waals surface area contributed by atoms with E-state index in [9.17, 15) is 0 Å². The van der Waals surface area contributed by atoms with E-state index in [1.807, 2.05) is 42.5 Å². The van der Waals surface area contributed by atoms with Crippen LogP contribution in [0.2, 0.25) is 5.02 Å². The zero-order valence-electron chi connectivity index (χ0n) is 13.2. The molecule has 0 bridgehead atoms. The van der Waals surface area contributed by atoms with E-state index in [0.717, 1.165) is 33.7 Å². The molecule has 1 aromatic heterocycles. The SMILES string of the molecule is CCN(Cc1cccc(Cl)c1)Cc1nnc(-c2ccccc2Br)o1. The molecule has 0 aliphatic rings. The fourth-order valence-electron chi connectivity index (χ4n) is 2.43. The van der Waals surface area contributed by atoms with Gasteiger partial charge in [0.2, 0.25) is 11.8 Å². The molecule has 0 saturated carbocycles. The maximum atomic E-state index is 6.05. The van der Waals surface area contributed by atoms with Crippen molar-refractivity contribution in [3.8, 4) is 11.5 Å². The molecule has 3 rings (SSSR count). The number of halogens is 2. The van der Waals surface area contributed by atoms with Crippen LogP contribution in [0.25, 0.3) is 11.5 Å². The molecule has 2 aromatic carbocycles. The highest BCUT2D eigenvalue weighted by Crippen LogP contribution is 2.27. The van der Waals surface area contributed by atoms with Crippen molar-refractivity contribution in [3.63, 3.8) is 0 Å². The molecule has 4 nitrogen and oxygen atoms in total. The zero-order valence-corrected chi connectivity index (χ0v) is 15.6. The lowest BCUT2D eigenvalue weighted by Gasteiger charge is -2.18. The summed E-state index contributed by atoms with van der Waals surface area (Å²) in [6.07, 6.45) is 0. The quantitative estimate of drug-likeness (QED) is 0.566. The molecule has 0 amide bonds. The molecule has 3 aromatic rings. The summed E-state index contributed by atoms with van der Waals surface area (Å²) < 4.78 is 6.76. The minimum absolute atomic E-state index is 0.524. The van der Waals surface area contributed by atoms with E-state index in [4.69, 9.17) is 16.0 Å². The van der Waals surface area contributed by atoms with Gasteiger partial charge >= 0.3 is 0 Å². The number of hydrogen-bond donors (Lipinski definition) is 0. The minimum Gasteiger partial charge on any atom is -0.419 e. The van der Waals surface area contributed by atoms with Crippen LogP contribution < -0.4 is 0 Å². The smallest absolute Gasteiger partial charge is 0.248 e. The lowest BCUT2D eigenvalue weighted by Crippen LogP contribution is -2.22. The first-order valence-electron chi connectivity index (χ1n) is 7.70. The zero-order chi connectivity index (χ0) is 16.9. The highest BCUT2D eigenvalue weighted by molar-refractivity contribution is 9.10. The summed E-state index contributed by atoms with van der Waals surface area (Å²) in [6.45, 7) is 4.36. The summed E-state index contributed by atoms with van der Waals surface area (Å²) in [5.74, 6) is 1.13. The van der Waals surface area contributed by atoms with E-state index in [1.54, 1.807) is 0 Å². The van der Waals surface area contributed by atoms with E-state index in [0.29, 0.717) is 18.3 Å². The first kappa shape index (κ1) is 17.1. The molecule has 0 unspecified atom stereocenters. The maximum Gasteiger partial charge on any atom is 0.248 e. The Morgan fingerprint density at radius 3 is 2.67 bits per heavy atom. The van der Waals surface area contributed by atoms with Gasteiger partial charge in [-0.2, -0.15) is 0 Å². The van der Waals surface area contributed by atoms with E-state index in [1.165, 1.54) is 0 Å². The molecule has 0 aliphatic carbocycles. The van der Waals surface area contributed by atoms with E-state index < -0.39 is 0 Å². The van der Waals surface area contributed by atoms with Gasteiger partial charge in [-0.3, -0.25) is 4.90 Å². The van der Waals surface area contributed by atoms with Crippen LogP contribution in [0.3, 0.4) is 0 Å². The van der Waals surface area contributed by atoms with Crippen LogP contribution in [0, 0.1) is 0 Å². The van der Waals surface area contributed by atoms with E-state index in [2.05, 4.69) is 44.0 Å². The number of rotatable bonds is 6. The first-order chi connectivity index (χ1) is 11.7. The lowest BCUT2D eigenvalue weighted by molar-refractivity contribution is 0.243. The summed E-state index contributed by atoms with van der Waals surface area (Å²) in [4.78, 5) is 2.23. The van der Waals surface area contributed by atoms with E-state index >= 15 is 0 Å². The van der Waals surface area contributed by atoms with Crippen molar-refractivity contribution in [1.82, 2.24) is 15.1 Å². The standard InChI is InChI=1S/C18H17BrClN3O/c1-2-23(11-13-6-5-7-14(20)10-13)12-17-21-22-18(24-17)15-8-3-4-9-16(15)19/h3-10H,2,11-12H2,1H3. The van der Waals surface area contributed by atoms with Crippen molar-refractivity contribution in [2.75, 3.05) is 6.54 Å². The summed E-state index contributed by atoms with van der Waals surface area (Å²) in [6, 6.07) is 15.7. The third-order valence-corrected chi connectivity index (χ3v) is 4.60. The van der Waals surface area contributed by atoms with Crippen LogP contribution in [-0.2, 0) is 13.1 Å². The molecule has 0 radical (unpaired) electrons. The van der Waals surface area contributed by atoms with Crippen LogP contribution >= 0.6 is 27.5 Å². The number of hydrogen-bond acceptors (Lipinski definition) is 4. The molecule has 0 aliphatic heterocycles. The van der Waals surface area contributed by atoms with Gasteiger partial charge in [0.05, 0.1) is 12.1 Å². The third-order valence-electron chi connectivity index (χ3n) is 3.67. The van der Waals surface area contributed by atoms with Gasteiger partial charge in [-0.15, -0.1) is 10.2 Å². The second kappa shape index (κ2) is 7.92. The Morgan fingerprint density at radius 1 is 1.08 bits per heavy atom. The summed E-state index contributed by atoms with van der Waals surface area (Å²) in [7, 11) is 0. The van der Waals surface area contributed by atoms with Gasteiger partial charge in [0, 0.05) is 16.0 Å². The Hall–Kier alpha value is -1.69. The van der Waals surface area contributed by atoms with Gasteiger partial charge in [0.15, 0.2) is 0 Å². The van der Waals surface area contributed by atoms with Crippen molar-refractivity contribution in [2.24, 2.45) is 0 Å². The van der Waals surface area contributed by atoms with Crippen molar-refractivity contribution < 1.29 is 4.42 Å². The average molecular weight is 407 g/mol. The normalized spacial score (nSPS) is 11.2. The molecule has 1 heterocycles. The highest BCUT2D eigenvalue weighted by Gasteiger charge is 2.14. The topological polar surface area (TPSA) is 42.2 Å². The maximum absolute atomic E-state index is 6.05. The third kappa shape index (κ3) is 4.23. The van der Waals surface area contributed by atoms with Crippen LogP contribution in [0.4, 0.5) is 0 Å². The fourth-order valence-corrected chi connectivity index (χ4v) is 3.09. The van der Waals surface area contributed by atoms with Crippen LogP contribution in [0.15, 0.2) is 57.4 Å². The Kier molecular flexibility index (Phi) is 5.66. The molecule has 0 spiro atoms. The molecule has 0 atom stereocenters. The molecular weight excluding hydrogens is 390 g/mol. The second-order valence-electron chi connectivity index (χ2n) is 5.41. The van der Waals surface area contributed by atoms with Crippen molar-refractivity contribution >= 4 is 27.5 Å². The van der Waals surface area contributed by atoms with Gasteiger partial charge in [0.1, 0.15) is 0 Å². The predicted molar refractivity (Wildman–Crippen MR) is 98.7 cm³/mol. The minimum atomic E-state index is 0.524. The molecule has 24 heavy (non-hydrogen) atoms. The monoisotopic (exact) mass is 405 g/mol. The number of aromatic nitrogens is 2. The first-order valence-corrected chi connectivity index (χ1v) is 8.87. The van der Waals surface area contributed by atoms with Gasteiger partial charge in [-0.1, -0.05) is 42.8 Å². The summed E-state index contributed by atoms with van der Waals surface area (Å²) in [5, 5.41) is 9.08. The van der Waals surface area contributed by atoms with Crippen molar-refractivity contribution in [1.29, 1.82) is 0 Å². The predicted octanol–water partition coefficient (Wildman–Crippen LogP) is 5.17. The molecule has 0 saturated heterocycles. The van der Waals surface area contributed by atoms with Gasteiger partial charge in [-0.25, -0.2) is 0 Å². The highest BCUT2D eigenvalue weighted by atomic mass is 79.9. The average Bonchev–Trinajstić information content (AvgIpc) is 3.03. The van der Waals surface area contributed by atoms with Gasteiger partial charge in [0.25, 0.3) is 0 Å². The van der Waals surface area contributed by atoms with Crippen LogP contribution in [0.1, 0.15) is 18.4 Å². The Morgan fingerprint density at radius 2 is 1.92 bits per heavy atom. The van der Waals surface area contributed by atoms with E-state index in [-0.39, 0.29) is 0 Å². The Bertz CT molecular complexity index is 821. The molecule has 124 valence electrons.